The molecule has 0 radical (unpaired) electrons. The van der Waals surface area contributed by atoms with Gasteiger partial charge in [0.05, 0.1) is 0 Å². The summed E-state index contributed by atoms with van der Waals surface area (Å²) in [4.78, 5) is 0. The zero-order chi connectivity index (χ0) is 14.8. The molecule has 0 aliphatic rings. The summed E-state index contributed by atoms with van der Waals surface area (Å²) in [5.41, 5.74) is -0.620. The molecule has 0 fully saturated rings. The monoisotopic (exact) mass is 376 g/mol. The Kier molecular flexibility index (Phi) is 10.5. The molecule has 0 rings (SSSR count). The fraction of sp³-hybridized carbons (Fsp3) is 0.882. The van der Waals surface area contributed by atoms with E-state index in [1.165, 1.54) is 51.8 Å². The summed E-state index contributed by atoms with van der Waals surface area (Å²) >= 11 is -2.18. The van der Waals surface area contributed by atoms with Gasteiger partial charge in [-0.05, 0) is 0 Å². The zero-order valence-electron chi connectivity index (χ0n) is 13.8. The van der Waals surface area contributed by atoms with Gasteiger partial charge in [-0.2, -0.15) is 0 Å². The van der Waals surface area contributed by atoms with Crippen molar-refractivity contribution in [3.63, 3.8) is 0 Å². The van der Waals surface area contributed by atoms with Gasteiger partial charge in [0.2, 0.25) is 0 Å². The van der Waals surface area contributed by atoms with Crippen molar-refractivity contribution in [2.24, 2.45) is 0 Å². The molecule has 1 atom stereocenters. The number of hydrogen-bond acceptors (Lipinski definition) is 1. The molecular formula is C17H36OSn. The van der Waals surface area contributed by atoms with Gasteiger partial charge in [0.25, 0.3) is 0 Å². The number of unbranched alkanes of at least 4 members (excludes halogenated alkanes) is 3. The molecule has 0 aliphatic carbocycles. The van der Waals surface area contributed by atoms with Crippen LogP contribution in [0, 0.1) is 0 Å². The minimum absolute atomic E-state index is 0.620. The van der Waals surface area contributed by atoms with Crippen molar-refractivity contribution < 1.29 is 5.11 Å². The quantitative estimate of drug-likeness (QED) is 0.339. The topological polar surface area (TPSA) is 20.2 Å². The van der Waals surface area contributed by atoms with Gasteiger partial charge in [-0.1, -0.05) is 0 Å². The second-order valence-electron chi connectivity index (χ2n) is 6.55. The third kappa shape index (κ3) is 8.39. The van der Waals surface area contributed by atoms with E-state index < -0.39 is 24.0 Å². The van der Waals surface area contributed by atoms with Crippen molar-refractivity contribution in [2.45, 2.75) is 89.6 Å². The predicted molar refractivity (Wildman–Crippen MR) is 90.5 cm³/mol. The summed E-state index contributed by atoms with van der Waals surface area (Å²) < 4.78 is 5.49. The van der Waals surface area contributed by atoms with Gasteiger partial charge in [-0.15, -0.1) is 0 Å². The van der Waals surface area contributed by atoms with Crippen molar-refractivity contribution in [1.29, 1.82) is 0 Å². The van der Waals surface area contributed by atoms with Crippen molar-refractivity contribution in [2.75, 3.05) is 0 Å². The molecule has 1 N–H and O–H groups in total. The normalized spacial score (nSPS) is 15.2. The fourth-order valence-corrected chi connectivity index (χ4v) is 21.0. The first-order chi connectivity index (χ1) is 8.95. The SMILES string of the molecule is C=CC(C)(O)[CH2][Sn]([CH2]CCC)([CH2]CCC)[CH2]CCC. The second kappa shape index (κ2) is 10.3. The third-order valence-electron chi connectivity index (χ3n) is 4.35. The summed E-state index contributed by atoms with van der Waals surface area (Å²) in [7, 11) is 0. The average Bonchev–Trinajstić information content (AvgIpc) is 2.40. The summed E-state index contributed by atoms with van der Waals surface area (Å²) in [6.45, 7) is 12.7. The van der Waals surface area contributed by atoms with E-state index >= 15 is 0 Å². The van der Waals surface area contributed by atoms with Crippen molar-refractivity contribution in [3.8, 4) is 0 Å². The van der Waals surface area contributed by atoms with Crippen LogP contribution >= 0.6 is 0 Å². The van der Waals surface area contributed by atoms with E-state index in [9.17, 15) is 5.11 Å². The number of aliphatic hydroxyl groups is 1. The summed E-state index contributed by atoms with van der Waals surface area (Å²) in [5.74, 6) is 0. The van der Waals surface area contributed by atoms with Gasteiger partial charge in [0, 0.05) is 0 Å². The Morgan fingerprint density at radius 3 is 1.58 bits per heavy atom. The van der Waals surface area contributed by atoms with Crippen LogP contribution in [-0.4, -0.2) is 29.1 Å². The third-order valence-corrected chi connectivity index (χ3v) is 20.6. The molecule has 0 aromatic heterocycles. The van der Waals surface area contributed by atoms with Gasteiger partial charge in [-0.3, -0.25) is 0 Å². The van der Waals surface area contributed by atoms with E-state index in [1.54, 1.807) is 6.08 Å². The van der Waals surface area contributed by atoms with E-state index in [1.807, 2.05) is 6.92 Å². The Bertz CT molecular complexity index is 214. The first-order valence-corrected chi connectivity index (χ1v) is 16.4. The van der Waals surface area contributed by atoms with Crippen LogP contribution in [0.1, 0.15) is 66.2 Å². The average molecular weight is 375 g/mol. The van der Waals surface area contributed by atoms with Gasteiger partial charge in [-0.25, -0.2) is 0 Å². The van der Waals surface area contributed by atoms with E-state index in [2.05, 4.69) is 27.4 Å². The fourth-order valence-electron chi connectivity index (χ4n) is 3.13. The Labute approximate surface area is 125 Å². The van der Waals surface area contributed by atoms with Crippen LogP contribution in [0.2, 0.25) is 17.7 Å². The number of rotatable bonds is 12. The van der Waals surface area contributed by atoms with Crippen molar-refractivity contribution >= 4 is 18.4 Å². The Morgan fingerprint density at radius 2 is 1.32 bits per heavy atom. The molecule has 0 aliphatic heterocycles. The van der Waals surface area contributed by atoms with E-state index in [0.717, 1.165) is 4.44 Å². The molecule has 0 aromatic carbocycles. The molecule has 1 unspecified atom stereocenters. The molecular weight excluding hydrogens is 339 g/mol. The second-order valence-corrected chi connectivity index (χ2v) is 20.4. The number of hydrogen-bond donors (Lipinski definition) is 1. The predicted octanol–water partition coefficient (Wildman–Crippen LogP) is 5.77. The van der Waals surface area contributed by atoms with Crippen molar-refractivity contribution in [3.05, 3.63) is 12.7 Å². The standard InChI is InChI=1S/C5H9O.3C4H9.Sn/c1-4-5(2,3)6;3*1-3-4-2;/h4,6H,1-2H2,3H3;3*1,3-4H2,2H3;. The van der Waals surface area contributed by atoms with Crippen LogP contribution < -0.4 is 0 Å². The first-order valence-electron chi connectivity index (χ1n) is 8.31. The molecule has 0 aromatic rings. The molecule has 0 spiro atoms. The summed E-state index contributed by atoms with van der Waals surface area (Å²) in [6.07, 6.45) is 9.79. The molecule has 1 nitrogen and oxygen atoms in total. The van der Waals surface area contributed by atoms with Gasteiger partial charge in [0.1, 0.15) is 0 Å². The van der Waals surface area contributed by atoms with Crippen LogP contribution in [0.5, 0.6) is 0 Å². The maximum absolute atomic E-state index is 10.5. The minimum atomic E-state index is -2.18. The van der Waals surface area contributed by atoms with Crippen LogP contribution in [0.15, 0.2) is 12.7 Å². The molecule has 0 amide bonds. The summed E-state index contributed by atoms with van der Waals surface area (Å²) in [5, 5.41) is 10.5. The van der Waals surface area contributed by atoms with E-state index in [0.29, 0.717) is 0 Å². The molecule has 0 bridgehead atoms. The van der Waals surface area contributed by atoms with E-state index in [-0.39, 0.29) is 0 Å². The van der Waals surface area contributed by atoms with Crippen LogP contribution in [0.4, 0.5) is 0 Å². The Morgan fingerprint density at radius 1 is 0.947 bits per heavy atom. The molecule has 114 valence electrons. The Hall–Kier alpha value is 0.499. The van der Waals surface area contributed by atoms with Crippen LogP contribution in [0.3, 0.4) is 0 Å². The van der Waals surface area contributed by atoms with Crippen LogP contribution in [-0.2, 0) is 0 Å². The van der Waals surface area contributed by atoms with Gasteiger partial charge >= 0.3 is 126 Å². The molecule has 0 saturated carbocycles. The summed E-state index contributed by atoms with van der Waals surface area (Å²) in [6, 6.07) is 0. The van der Waals surface area contributed by atoms with Gasteiger partial charge in [0.15, 0.2) is 0 Å². The van der Waals surface area contributed by atoms with Crippen LogP contribution in [0.25, 0.3) is 0 Å². The maximum atomic E-state index is 10.5. The molecule has 2 heteroatoms. The molecule has 0 saturated heterocycles. The Balaban J connectivity index is 4.90. The molecule has 19 heavy (non-hydrogen) atoms. The first kappa shape index (κ1) is 19.5. The van der Waals surface area contributed by atoms with Gasteiger partial charge < -0.3 is 0 Å². The van der Waals surface area contributed by atoms with E-state index in [4.69, 9.17) is 0 Å². The zero-order valence-corrected chi connectivity index (χ0v) is 16.7. The molecule has 0 heterocycles. The van der Waals surface area contributed by atoms with Crippen molar-refractivity contribution in [1.82, 2.24) is 0 Å².